The Labute approximate surface area is 192 Å². The number of hydrogen-bond donors (Lipinski definition) is 4. The average molecular weight is 443 g/mol. The number of aromatic hydroxyl groups is 1. The maximum absolute atomic E-state index is 12.7. The van der Waals surface area contributed by atoms with Crippen LogP contribution in [0.3, 0.4) is 0 Å². The summed E-state index contributed by atoms with van der Waals surface area (Å²) in [6, 6.07) is 14.8. The number of ether oxygens (including phenoxy) is 1. The number of β-amino-alcohol motifs (C(OH)–C–C–N with tert-alkyl or cyclic N) is 1. The van der Waals surface area contributed by atoms with Gasteiger partial charge in [-0.25, -0.2) is 0 Å². The largest absolute Gasteiger partial charge is 0.508 e. The summed E-state index contributed by atoms with van der Waals surface area (Å²) in [7, 11) is 1.62. The predicted molar refractivity (Wildman–Crippen MR) is 128 cm³/mol. The zero-order valence-corrected chi connectivity index (χ0v) is 19.7. The van der Waals surface area contributed by atoms with Crippen LogP contribution >= 0.6 is 0 Å². The van der Waals surface area contributed by atoms with Gasteiger partial charge in [0, 0.05) is 25.7 Å². The Hall–Kier alpha value is -2.41. The Bertz CT molecular complexity index is 836. The molecule has 32 heavy (non-hydrogen) atoms. The quantitative estimate of drug-likeness (QED) is 0.355. The molecule has 0 saturated heterocycles. The third kappa shape index (κ3) is 8.26. The van der Waals surface area contributed by atoms with Crippen molar-refractivity contribution in [3.05, 3.63) is 65.2 Å². The van der Waals surface area contributed by atoms with Gasteiger partial charge in [-0.2, -0.15) is 0 Å². The number of carbonyl (C=O) groups is 1. The third-order valence-corrected chi connectivity index (χ3v) is 5.55. The zero-order valence-electron chi connectivity index (χ0n) is 19.7. The van der Waals surface area contributed by atoms with Crippen molar-refractivity contribution < 1.29 is 19.7 Å². The van der Waals surface area contributed by atoms with Crippen LogP contribution in [-0.2, 0) is 16.0 Å². The maximum atomic E-state index is 12.7. The van der Waals surface area contributed by atoms with E-state index >= 15 is 0 Å². The Kier molecular flexibility index (Phi) is 10.2. The van der Waals surface area contributed by atoms with E-state index in [2.05, 4.69) is 43.5 Å². The molecule has 2 unspecified atom stereocenters. The summed E-state index contributed by atoms with van der Waals surface area (Å²) < 4.78 is 5.03. The molecule has 6 heteroatoms. The number of hydrogen-bond acceptors (Lipinski definition) is 5. The van der Waals surface area contributed by atoms with Crippen LogP contribution in [0, 0.1) is 0 Å². The van der Waals surface area contributed by atoms with Crippen LogP contribution in [0.15, 0.2) is 48.5 Å². The molecule has 0 spiro atoms. The molecule has 2 aromatic rings. The van der Waals surface area contributed by atoms with Crippen LogP contribution in [0.1, 0.15) is 62.3 Å². The Morgan fingerprint density at radius 2 is 1.84 bits per heavy atom. The van der Waals surface area contributed by atoms with Crippen molar-refractivity contribution in [3.63, 3.8) is 0 Å². The van der Waals surface area contributed by atoms with Gasteiger partial charge in [-0.3, -0.25) is 4.79 Å². The highest BCUT2D eigenvalue weighted by atomic mass is 16.5. The van der Waals surface area contributed by atoms with Gasteiger partial charge in [0.15, 0.2) is 0 Å². The summed E-state index contributed by atoms with van der Waals surface area (Å²) in [5, 5.41) is 26.3. The number of phenolic OH excluding ortho intramolecular Hbond substituents is 1. The first-order valence-corrected chi connectivity index (χ1v) is 11.3. The molecule has 0 aliphatic heterocycles. The van der Waals surface area contributed by atoms with E-state index < -0.39 is 6.10 Å². The van der Waals surface area contributed by atoms with Crippen LogP contribution in [0.25, 0.3) is 0 Å². The Balaban J connectivity index is 2.02. The minimum atomic E-state index is -0.661. The lowest BCUT2D eigenvalue weighted by Crippen LogP contribution is -2.43. The molecule has 0 saturated carbocycles. The molecule has 4 N–H and O–H groups in total. The first-order chi connectivity index (χ1) is 15.3. The van der Waals surface area contributed by atoms with Gasteiger partial charge in [-0.15, -0.1) is 0 Å². The van der Waals surface area contributed by atoms with E-state index in [1.807, 2.05) is 12.1 Å². The monoisotopic (exact) mass is 442 g/mol. The third-order valence-electron chi connectivity index (χ3n) is 5.55. The SMILES string of the molecule is CCCC(C(=O)NCCOC)c1cccc(CC(C)(C)NCC(O)c2ccc(O)cc2)c1. The molecule has 0 bridgehead atoms. The number of methoxy groups -OCH3 is 1. The minimum Gasteiger partial charge on any atom is -0.508 e. The smallest absolute Gasteiger partial charge is 0.227 e. The summed E-state index contributed by atoms with van der Waals surface area (Å²) >= 11 is 0. The van der Waals surface area contributed by atoms with Crippen molar-refractivity contribution in [2.75, 3.05) is 26.8 Å². The molecule has 1 amide bonds. The number of phenols is 1. The lowest BCUT2D eigenvalue weighted by atomic mass is 9.88. The van der Waals surface area contributed by atoms with E-state index in [-0.39, 0.29) is 23.1 Å². The molecule has 2 rings (SSSR count). The number of nitrogens with one attached hydrogen (secondary N) is 2. The number of rotatable bonds is 13. The molecule has 0 radical (unpaired) electrons. The van der Waals surface area contributed by atoms with Gasteiger partial charge >= 0.3 is 0 Å². The zero-order chi connectivity index (χ0) is 23.6. The molecule has 0 heterocycles. The van der Waals surface area contributed by atoms with Gasteiger partial charge in [0.2, 0.25) is 5.91 Å². The van der Waals surface area contributed by atoms with Crippen molar-refractivity contribution in [1.82, 2.24) is 10.6 Å². The first kappa shape index (κ1) is 25.8. The molecule has 0 aromatic heterocycles. The molecular formula is C26H38N2O4. The average Bonchev–Trinajstić information content (AvgIpc) is 2.76. The fraction of sp³-hybridized carbons (Fsp3) is 0.500. The number of aliphatic hydroxyl groups excluding tert-OH is 1. The highest BCUT2D eigenvalue weighted by Crippen LogP contribution is 2.25. The molecule has 0 fully saturated rings. The second-order valence-corrected chi connectivity index (χ2v) is 8.92. The minimum absolute atomic E-state index is 0.0375. The first-order valence-electron chi connectivity index (χ1n) is 11.3. The van der Waals surface area contributed by atoms with Gasteiger partial charge in [-0.05, 0) is 55.5 Å². The van der Waals surface area contributed by atoms with Crippen molar-refractivity contribution in [3.8, 4) is 5.75 Å². The topological polar surface area (TPSA) is 90.8 Å². The molecule has 6 nitrogen and oxygen atoms in total. The molecular weight excluding hydrogens is 404 g/mol. The highest BCUT2D eigenvalue weighted by molar-refractivity contribution is 5.83. The van der Waals surface area contributed by atoms with Crippen LogP contribution in [-0.4, -0.2) is 48.5 Å². The van der Waals surface area contributed by atoms with Gasteiger partial charge in [0.25, 0.3) is 0 Å². The van der Waals surface area contributed by atoms with Crippen LogP contribution in [0.2, 0.25) is 0 Å². The van der Waals surface area contributed by atoms with E-state index in [0.717, 1.165) is 36.0 Å². The van der Waals surface area contributed by atoms with Crippen LogP contribution in [0.5, 0.6) is 5.75 Å². The van der Waals surface area contributed by atoms with Crippen LogP contribution < -0.4 is 10.6 Å². The predicted octanol–water partition coefficient (Wildman–Crippen LogP) is 3.68. The maximum Gasteiger partial charge on any atom is 0.227 e. The van der Waals surface area contributed by atoms with E-state index in [1.165, 1.54) is 0 Å². The molecule has 176 valence electrons. The summed E-state index contributed by atoms with van der Waals surface area (Å²) in [5.74, 6) is 0.0440. The fourth-order valence-electron chi connectivity index (χ4n) is 3.82. The van der Waals surface area contributed by atoms with Crippen molar-refractivity contribution in [2.24, 2.45) is 0 Å². The molecule has 0 aliphatic carbocycles. The van der Waals surface area contributed by atoms with Crippen molar-refractivity contribution >= 4 is 5.91 Å². The standard InChI is InChI=1S/C26H38N2O4/c1-5-7-23(25(31)27-14-15-32-4)21-9-6-8-19(16-21)17-26(2,3)28-18-24(30)20-10-12-22(29)13-11-20/h6,8-13,16,23-24,28-30H,5,7,14-15,17-18H2,1-4H3,(H,27,31). The van der Waals surface area contributed by atoms with Crippen LogP contribution in [0.4, 0.5) is 0 Å². The highest BCUT2D eigenvalue weighted by Gasteiger charge is 2.23. The molecule has 2 atom stereocenters. The van der Waals surface area contributed by atoms with E-state index in [0.29, 0.717) is 19.7 Å². The molecule has 0 aliphatic rings. The van der Waals surface area contributed by atoms with Gasteiger partial charge in [0.1, 0.15) is 5.75 Å². The fourth-order valence-corrected chi connectivity index (χ4v) is 3.82. The summed E-state index contributed by atoms with van der Waals surface area (Å²) in [6.45, 7) is 7.70. The van der Waals surface area contributed by atoms with E-state index in [9.17, 15) is 15.0 Å². The van der Waals surface area contributed by atoms with Gasteiger partial charge < -0.3 is 25.6 Å². The number of amides is 1. The summed E-state index contributed by atoms with van der Waals surface area (Å²) in [6.07, 6.45) is 1.82. The number of aliphatic hydroxyl groups is 1. The van der Waals surface area contributed by atoms with Gasteiger partial charge in [0.05, 0.1) is 18.6 Å². The van der Waals surface area contributed by atoms with E-state index in [4.69, 9.17) is 4.74 Å². The molecule has 2 aromatic carbocycles. The van der Waals surface area contributed by atoms with E-state index in [1.54, 1.807) is 31.4 Å². The second kappa shape index (κ2) is 12.6. The van der Waals surface area contributed by atoms with Crippen molar-refractivity contribution in [1.29, 1.82) is 0 Å². The second-order valence-electron chi connectivity index (χ2n) is 8.92. The Morgan fingerprint density at radius 3 is 2.50 bits per heavy atom. The summed E-state index contributed by atoms with van der Waals surface area (Å²) in [5.41, 5.74) is 2.68. The lowest BCUT2D eigenvalue weighted by molar-refractivity contribution is -0.122. The lowest BCUT2D eigenvalue weighted by Gasteiger charge is -2.28. The normalized spacial score (nSPS) is 13.5. The van der Waals surface area contributed by atoms with Crippen molar-refractivity contribution in [2.45, 2.75) is 57.6 Å². The summed E-state index contributed by atoms with van der Waals surface area (Å²) in [4.78, 5) is 12.7. The number of benzene rings is 2. The Morgan fingerprint density at radius 1 is 1.12 bits per heavy atom. The van der Waals surface area contributed by atoms with Gasteiger partial charge in [-0.1, -0.05) is 49.7 Å². The number of carbonyl (C=O) groups excluding carboxylic acids is 1.